The molecule has 0 bridgehead atoms. The standard InChI is InChI=1S/C10H17N5O3/c1-14(2)6(16)4-5-12-7-8(11)15(3)10(18)13-9(7)17/h12H,4-5,11H2,1-3H3,(H,13,17,18). The Morgan fingerprint density at radius 1 is 1.44 bits per heavy atom. The van der Waals surface area contributed by atoms with Gasteiger partial charge in [-0.3, -0.25) is 19.1 Å². The summed E-state index contributed by atoms with van der Waals surface area (Å²) in [5, 5.41) is 2.76. The Labute approximate surface area is 103 Å². The first kappa shape index (κ1) is 13.8. The molecule has 0 radical (unpaired) electrons. The van der Waals surface area contributed by atoms with E-state index in [4.69, 9.17) is 5.73 Å². The number of carbonyl (C=O) groups excluding carboxylic acids is 1. The molecule has 0 spiro atoms. The molecule has 0 saturated heterocycles. The summed E-state index contributed by atoms with van der Waals surface area (Å²) in [6.07, 6.45) is 0.231. The zero-order chi connectivity index (χ0) is 13.9. The lowest BCUT2D eigenvalue weighted by molar-refractivity contribution is -0.128. The van der Waals surface area contributed by atoms with E-state index >= 15 is 0 Å². The molecule has 1 aromatic heterocycles. The molecule has 1 heterocycles. The lowest BCUT2D eigenvalue weighted by Crippen LogP contribution is -2.33. The number of carbonyl (C=O) groups is 1. The lowest BCUT2D eigenvalue weighted by Gasteiger charge is -2.12. The highest BCUT2D eigenvalue weighted by molar-refractivity contribution is 5.76. The Balaban J connectivity index is 2.81. The van der Waals surface area contributed by atoms with Crippen LogP contribution in [0.3, 0.4) is 0 Å². The van der Waals surface area contributed by atoms with E-state index in [-0.39, 0.29) is 30.4 Å². The van der Waals surface area contributed by atoms with Crippen LogP contribution in [0.15, 0.2) is 9.59 Å². The van der Waals surface area contributed by atoms with E-state index in [9.17, 15) is 14.4 Å². The predicted molar refractivity (Wildman–Crippen MR) is 68.5 cm³/mol. The van der Waals surface area contributed by atoms with Crippen LogP contribution in [0.2, 0.25) is 0 Å². The Kier molecular flexibility index (Phi) is 4.13. The van der Waals surface area contributed by atoms with Crippen LogP contribution in [0, 0.1) is 0 Å². The number of amides is 1. The van der Waals surface area contributed by atoms with Crippen LogP contribution in [-0.4, -0.2) is 41.0 Å². The summed E-state index contributed by atoms with van der Waals surface area (Å²) in [6.45, 7) is 0.266. The van der Waals surface area contributed by atoms with Gasteiger partial charge in [-0.25, -0.2) is 4.79 Å². The fourth-order valence-corrected chi connectivity index (χ4v) is 1.33. The van der Waals surface area contributed by atoms with Crippen molar-refractivity contribution in [2.75, 3.05) is 31.7 Å². The average Bonchev–Trinajstić information content (AvgIpc) is 2.30. The molecular weight excluding hydrogens is 238 g/mol. The molecule has 1 rings (SSSR count). The van der Waals surface area contributed by atoms with Gasteiger partial charge in [0.05, 0.1) is 0 Å². The van der Waals surface area contributed by atoms with Gasteiger partial charge in [-0.2, -0.15) is 0 Å². The Morgan fingerprint density at radius 3 is 2.61 bits per heavy atom. The molecular formula is C10H17N5O3. The van der Waals surface area contributed by atoms with Crippen molar-refractivity contribution < 1.29 is 4.79 Å². The molecule has 0 aliphatic rings. The fraction of sp³-hybridized carbons (Fsp3) is 0.500. The van der Waals surface area contributed by atoms with Gasteiger partial charge in [0.1, 0.15) is 11.5 Å². The van der Waals surface area contributed by atoms with Gasteiger partial charge < -0.3 is 16.0 Å². The second-order valence-corrected chi connectivity index (χ2v) is 4.04. The van der Waals surface area contributed by atoms with Crippen molar-refractivity contribution in [3.8, 4) is 0 Å². The summed E-state index contributed by atoms with van der Waals surface area (Å²) in [4.78, 5) is 37.7. The molecule has 100 valence electrons. The predicted octanol–water partition coefficient (Wildman–Crippen LogP) is -1.45. The summed E-state index contributed by atoms with van der Waals surface area (Å²) in [5.41, 5.74) is 4.58. The van der Waals surface area contributed by atoms with Gasteiger partial charge in [0, 0.05) is 34.1 Å². The zero-order valence-corrected chi connectivity index (χ0v) is 10.6. The van der Waals surface area contributed by atoms with Crippen LogP contribution in [0.1, 0.15) is 6.42 Å². The topological polar surface area (TPSA) is 113 Å². The number of aromatic nitrogens is 2. The minimum Gasteiger partial charge on any atom is -0.383 e. The summed E-state index contributed by atoms with van der Waals surface area (Å²) < 4.78 is 1.12. The highest BCUT2D eigenvalue weighted by Gasteiger charge is 2.10. The number of rotatable bonds is 4. The van der Waals surface area contributed by atoms with Crippen molar-refractivity contribution in [2.45, 2.75) is 6.42 Å². The number of nitrogens with zero attached hydrogens (tertiary/aromatic N) is 2. The number of anilines is 2. The second kappa shape index (κ2) is 5.39. The molecule has 0 saturated carbocycles. The minimum atomic E-state index is -0.590. The highest BCUT2D eigenvalue weighted by atomic mass is 16.2. The van der Waals surface area contributed by atoms with Gasteiger partial charge in [-0.15, -0.1) is 0 Å². The van der Waals surface area contributed by atoms with Gasteiger partial charge in [0.25, 0.3) is 5.56 Å². The zero-order valence-electron chi connectivity index (χ0n) is 10.6. The van der Waals surface area contributed by atoms with E-state index in [1.807, 2.05) is 0 Å². The third kappa shape index (κ3) is 2.90. The summed E-state index contributed by atoms with van der Waals surface area (Å²) in [5.74, 6) is -0.0247. The molecule has 1 aromatic rings. The SMILES string of the molecule is CN(C)C(=O)CCNc1c(N)n(C)c(=O)[nH]c1=O. The van der Waals surface area contributed by atoms with E-state index < -0.39 is 11.2 Å². The number of nitrogens with one attached hydrogen (secondary N) is 2. The fourth-order valence-electron chi connectivity index (χ4n) is 1.33. The average molecular weight is 255 g/mol. The molecule has 1 amide bonds. The molecule has 0 aliphatic carbocycles. The maximum absolute atomic E-state index is 11.5. The van der Waals surface area contributed by atoms with Gasteiger partial charge in [-0.1, -0.05) is 0 Å². The van der Waals surface area contributed by atoms with Crippen molar-refractivity contribution in [3.63, 3.8) is 0 Å². The van der Waals surface area contributed by atoms with Crippen LogP contribution < -0.4 is 22.3 Å². The molecule has 0 unspecified atom stereocenters. The number of H-pyrrole nitrogens is 1. The van der Waals surface area contributed by atoms with Crippen molar-refractivity contribution in [1.82, 2.24) is 14.5 Å². The van der Waals surface area contributed by atoms with Crippen LogP contribution in [0.4, 0.5) is 11.5 Å². The van der Waals surface area contributed by atoms with Gasteiger partial charge >= 0.3 is 5.69 Å². The number of nitrogen functional groups attached to an aromatic ring is 1. The molecule has 8 heteroatoms. The largest absolute Gasteiger partial charge is 0.383 e. The van der Waals surface area contributed by atoms with Gasteiger partial charge in [-0.05, 0) is 0 Å². The van der Waals surface area contributed by atoms with Crippen molar-refractivity contribution >= 4 is 17.4 Å². The number of hydrogen-bond acceptors (Lipinski definition) is 5. The van der Waals surface area contributed by atoms with Crippen LogP contribution in [0.25, 0.3) is 0 Å². The van der Waals surface area contributed by atoms with Crippen molar-refractivity contribution in [3.05, 3.63) is 20.8 Å². The maximum atomic E-state index is 11.5. The molecule has 0 fully saturated rings. The normalized spacial score (nSPS) is 10.2. The maximum Gasteiger partial charge on any atom is 0.329 e. The van der Waals surface area contributed by atoms with E-state index in [1.165, 1.54) is 11.9 Å². The summed E-state index contributed by atoms with van der Waals surface area (Å²) in [7, 11) is 4.75. The van der Waals surface area contributed by atoms with E-state index in [2.05, 4.69) is 10.3 Å². The highest BCUT2D eigenvalue weighted by Crippen LogP contribution is 2.07. The van der Waals surface area contributed by atoms with Gasteiger partial charge in [0.2, 0.25) is 5.91 Å². The third-order valence-corrected chi connectivity index (χ3v) is 2.51. The Morgan fingerprint density at radius 2 is 2.06 bits per heavy atom. The van der Waals surface area contributed by atoms with Gasteiger partial charge in [0.15, 0.2) is 0 Å². The first-order valence-electron chi connectivity index (χ1n) is 5.37. The van der Waals surface area contributed by atoms with E-state index in [0.29, 0.717) is 0 Å². The monoisotopic (exact) mass is 255 g/mol. The number of aromatic amines is 1. The molecule has 8 nitrogen and oxygen atoms in total. The molecule has 0 atom stereocenters. The summed E-state index contributed by atoms with van der Waals surface area (Å²) in [6, 6.07) is 0. The van der Waals surface area contributed by atoms with Crippen molar-refractivity contribution in [1.29, 1.82) is 0 Å². The quantitative estimate of drug-likeness (QED) is 0.609. The van der Waals surface area contributed by atoms with Crippen LogP contribution in [-0.2, 0) is 11.8 Å². The van der Waals surface area contributed by atoms with Crippen LogP contribution >= 0.6 is 0 Å². The Hall–Kier alpha value is -2.25. The minimum absolute atomic E-state index is 0.0426. The first-order chi connectivity index (χ1) is 8.34. The smallest absolute Gasteiger partial charge is 0.329 e. The lowest BCUT2D eigenvalue weighted by atomic mass is 10.3. The number of hydrogen-bond donors (Lipinski definition) is 3. The number of nitrogens with two attached hydrogens (primary N) is 1. The Bertz CT molecular complexity index is 558. The first-order valence-corrected chi connectivity index (χ1v) is 5.37. The molecule has 18 heavy (non-hydrogen) atoms. The summed E-state index contributed by atoms with van der Waals surface area (Å²) >= 11 is 0. The molecule has 0 aliphatic heterocycles. The van der Waals surface area contributed by atoms with Crippen LogP contribution in [0.5, 0.6) is 0 Å². The van der Waals surface area contributed by atoms with E-state index in [0.717, 1.165) is 4.57 Å². The molecule has 4 N–H and O–H groups in total. The van der Waals surface area contributed by atoms with Crippen molar-refractivity contribution in [2.24, 2.45) is 7.05 Å². The second-order valence-electron chi connectivity index (χ2n) is 4.04. The molecule has 0 aromatic carbocycles. The van der Waals surface area contributed by atoms with E-state index in [1.54, 1.807) is 14.1 Å². The third-order valence-electron chi connectivity index (χ3n) is 2.51.